The van der Waals surface area contributed by atoms with Crippen molar-refractivity contribution in [2.45, 2.75) is 57.1 Å². The van der Waals surface area contributed by atoms with Gasteiger partial charge in [0.2, 0.25) is 0 Å². The molecule has 2 atom stereocenters. The van der Waals surface area contributed by atoms with E-state index in [0.717, 1.165) is 27.4 Å². The number of aromatic nitrogens is 3. The van der Waals surface area contributed by atoms with Crippen molar-refractivity contribution in [3.63, 3.8) is 0 Å². The Labute approximate surface area is 217 Å². The minimum Gasteiger partial charge on any atom is -0.415 e. The van der Waals surface area contributed by atoms with Crippen LogP contribution in [0, 0.1) is 6.92 Å². The average Bonchev–Trinajstić information content (AvgIpc) is 2.96. The van der Waals surface area contributed by atoms with Crippen molar-refractivity contribution in [1.29, 1.82) is 0 Å². The molecule has 0 aliphatic carbocycles. The lowest BCUT2D eigenvalue weighted by atomic mass is 9.98. The second kappa shape index (κ2) is 9.80. The Morgan fingerprint density at radius 2 is 2.00 bits per heavy atom. The Bertz CT molecular complexity index is 1160. The summed E-state index contributed by atoms with van der Waals surface area (Å²) in [6.45, 7) is 14.4. The molecule has 1 aliphatic rings. The second-order valence-corrected chi connectivity index (χ2v) is 17.4. The van der Waals surface area contributed by atoms with E-state index in [4.69, 9.17) is 9.52 Å². The number of aryl methyl sites for hydroxylation is 2. The van der Waals surface area contributed by atoms with E-state index < -0.39 is 8.32 Å². The van der Waals surface area contributed by atoms with Crippen LogP contribution in [0.3, 0.4) is 0 Å². The molecule has 0 bridgehead atoms. The first-order valence-corrected chi connectivity index (χ1v) is 16.5. The lowest BCUT2D eigenvalue weighted by molar-refractivity contribution is 0.277. The van der Waals surface area contributed by atoms with Crippen LogP contribution >= 0.6 is 27.7 Å². The Kier molecular flexibility index (Phi) is 7.34. The minimum atomic E-state index is -1.84. The molecule has 0 unspecified atom stereocenters. The van der Waals surface area contributed by atoms with E-state index in [1.54, 1.807) is 0 Å². The summed E-state index contributed by atoms with van der Waals surface area (Å²) in [6.07, 6.45) is 1.84. The number of nitrogens with zero attached hydrogens (tertiary/aromatic N) is 3. The lowest BCUT2D eigenvalue weighted by Gasteiger charge is -2.37. The van der Waals surface area contributed by atoms with E-state index in [1.807, 2.05) is 47.9 Å². The van der Waals surface area contributed by atoms with Crippen LogP contribution < -0.4 is 5.32 Å². The molecule has 3 aromatic rings. The molecule has 0 saturated heterocycles. The normalized spacial score (nSPS) is 18.8. The van der Waals surface area contributed by atoms with Gasteiger partial charge in [0.15, 0.2) is 8.32 Å². The highest BCUT2D eigenvalue weighted by Crippen LogP contribution is 2.47. The summed E-state index contributed by atoms with van der Waals surface area (Å²) in [4.78, 5) is 4.64. The van der Waals surface area contributed by atoms with Crippen molar-refractivity contribution in [1.82, 2.24) is 14.8 Å². The number of anilines is 1. The maximum Gasteiger partial charge on any atom is 0.192 e. The highest BCUT2D eigenvalue weighted by molar-refractivity contribution is 9.10. The molecule has 8 heteroatoms. The maximum atomic E-state index is 6.63. The van der Waals surface area contributed by atoms with Crippen molar-refractivity contribution in [2.24, 2.45) is 7.05 Å². The highest BCUT2D eigenvalue weighted by Gasteiger charge is 2.39. The summed E-state index contributed by atoms with van der Waals surface area (Å²) in [5.74, 6) is 2.01. The molecule has 182 valence electrons. The molecule has 1 N–H and O–H groups in total. The molecular formula is C26H35BrN4OSSi. The van der Waals surface area contributed by atoms with Gasteiger partial charge in [0.05, 0.1) is 23.6 Å². The third-order valence-electron chi connectivity index (χ3n) is 7.02. The van der Waals surface area contributed by atoms with Gasteiger partial charge < -0.3 is 9.74 Å². The fraction of sp³-hybridized carbons (Fsp3) is 0.462. The van der Waals surface area contributed by atoms with Crippen LogP contribution in [0.5, 0.6) is 0 Å². The smallest absolute Gasteiger partial charge is 0.192 e. The number of nitrogens with one attached hydrogen (secondary N) is 1. The van der Waals surface area contributed by atoms with Gasteiger partial charge in [-0.1, -0.05) is 48.8 Å². The number of pyridine rings is 1. The van der Waals surface area contributed by atoms with Crippen LogP contribution in [-0.4, -0.2) is 41.5 Å². The van der Waals surface area contributed by atoms with Crippen molar-refractivity contribution < 1.29 is 4.43 Å². The summed E-state index contributed by atoms with van der Waals surface area (Å²) in [6, 6.07) is 12.8. The van der Waals surface area contributed by atoms with Crippen LogP contribution in [0.15, 0.2) is 47.1 Å². The van der Waals surface area contributed by atoms with Gasteiger partial charge in [0.25, 0.3) is 0 Å². The molecule has 2 aromatic heterocycles. The van der Waals surface area contributed by atoms with Gasteiger partial charge in [-0.25, -0.2) is 0 Å². The zero-order valence-corrected chi connectivity index (χ0v) is 24.5. The summed E-state index contributed by atoms with van der Waals surface area (Å²) in [5, 5.41) is 9.10. The van der Waals surface area contributed by atoms with Crippen LogP contribution in [-0.2, 0) is 11.5 Å². The van der Waals surface area contributed by atoms with E-state index >= 15 is 0 Å². The number of halogens is 1. The van der Waals surface area contributed by atoms with Crippen molar-refractivity contribution in [3.8, 4) is 11.4 Å². The van der Waals surface area contributed by atoms with Gasteiger partial charge in [-0.05, 0) is 60.4 Å². The Morgan fingerprint density at radius 1 is 1.24 bits per heavy atom. The molecule has 0 spiro atoms. The van der Waals surface area contributed by atoms with Gasteiger partial charge in [-0.2, -0.15) is 5.10 Å². The molecule has 3 heterocycles. The maximum absolute atomic E-state index is 6.63. The second-order valence-electron chi connectivity index (χ2n) is 10.6. The summed E-state index contributed by atoms with van der Waals surface area (Å²) in [5.41, 5.74) is 5.62. The van der Waals surface area contributed by atoms with Crippen molar-refractivity contribution in [3.05, 3.63) is 63.8 Å². The Balaban J connectivity index is 1.75. The molecular weight excluding hydrogens is 524 g/mol. The summed E-state index contributed by atoms with van der Waals surface area (Å²) >= 11 is 5.59. The Morgan fingerprint density at radius 3 is 2.65 bits per heavy atom. The fourth-order valence-corrected chi connectivity index (χ4v) is 6.94. The topological polar surface area (TPSA) is 52.0 Å². The van der Waals surface area contributed by atoms with Gasteiger partial charge in [-0.15, -0.1) is 11.8 Å². The molecule has 0 saturated carbocycles. The molecule has 0 fully saturated rings. The number of hydrogen-bond donors (Lipinski definition) is 1. The predicted octanol–water partition coefficient (Wildman–Crippen LogP) is 7.19. The van der Waals surface area contributed by atoms with Crippen LogP contribution in [0.25, 0.3) is 11.4 Å². The number of benzene rings is 1. The molecule has 0 radical (unpaired) electrons. The first kappa shape index (κ1) is 25.5. The highest BCUT2D eigenvalue weighted by atomic mass is 79.9. The first-order valence-electron chi connectivity index (χ1n) is 11.7. The van der Waals surface area contributed by atoms with Crippen LogP contribution in [0.4, 0.5) is 5.82 Å². The summed E-state index contributed by atoms with van der Waals surface area (Å²) in [7, 11) is 0.178. The number of hydrogen-bond acceptors (Lipinski definition) is 5. The monoisotopic (exact) mass is 558 g/mol. The van der Waals surface area contributed by atoms with E-state index in [2.05, 4.69) is 85.2 Å². The third kappa shape index (κ3) is 5.15. The van der Waals surface area contributed by atoms with Crippen LogP contribution in [0.2, 0.25) is 18.1 Å². The number of fused-ring (bicyclic) bond motifs is 1. The lowest BCUT2D eigenvalue weighted by Crippen LogP contribution is -2.44. The van der Waals surface area contributed by atoms with Gasteiger partial charge in [-0.3, -0.25) is 9.67 Å². The molecule has 34 heavy (non-hydrogen) atoms. The number of thioether (sulfide) groups is 1. The molecule has 4 rings (SSSR count). The first-order chi connectivity index (χ1) is 16.0. The van der Waals surface area contributed by atoms with Crippen molar-refractivity contribution >= 4 is 41.8 Å². The van der Waals surface area contributed by atoms with Gasteiger partial charge >= 0.3 is 0 Å². The standard InChI is InChI=1S/C26H35BrN4OSSi/c1-17-14-18(27)11-12-20(17)24-22-23(21-10-8-9-13-28-21)30-31(5)25(22)29-19(16-33-24)15-32-34(6,7)26(2,3)4/h8-14,19,24,29H,15-16H2,1-7H3/t19-,24+/m0/s1. The SMILES string of the molecule is Cc1cc(Br)ccc1[C@H]1SC[C@H](CO[Si](C)(C)C(C)(C)C)Nc2c1c(-c1ccccn1)nn2C. The zero-order chi connectivity index (χ0) is 24.7. The van der Waals surface area contributed by atoms with E-state index in [1.165, 1.54) is 16.7 Å². The van der Waals surface area contributed by atoms with Crippen molar-refractivity contribution in [2.75, 3.05) is 17.7 Å². The van der Waals surface area contributed by atoms with E-state index in [0.29, 0.717) is 6.61 Å². The Hall–Kier alpha value is -1.61. The molecule has 1 aliphatic heterocycles. The minimum absolute atomic E-state index is 0.152. The molecule has 1 aromatic carbocycles. The van der Waals surface area contributed by atoms with E-state index in [-0.39, 0.29) is 16.3 Å². The summed E-state index contributed by atoms with van der Waals surface area (Å²) < 4.78 is 9.71. The quantitative estimate of drug-likeness (QED) is 0.335. The largest absolute Gasteiger partial charge is 0.415 e. The fourth-order valence-electron chi connectivity index (χ4n) is 3.98. The molecule has 5 nitrogen and oxygen atoms in total. The third-order valence-corrected chi connectivity index (χ3v) is 13.4. The average molecular weight is 560 g/mol. The van der Waals surface area contributed by atoms with Gasteiger partial charge in [0, 0.05) is 29.0 Å². The molecule has 0 amide bonds. The zero-order valence-electron chi connectivity index (χ0n) is 21.1. The number of rotatable bonds is 5. The predicted molar refractivity (Wildman–Crippen MR) is 150 cm³/mol. The van der Waals surface area contributed by atoms with Crippen LogP contribution in [0.1, 0.15) is 42.7 Å². The van der Waals surface area contributed by atoms with Gasteiger partial charge in [0.1, 0.15) is 11.5 Å². The van der Waals surface area contributed by atoms with E-state index in [9.17, 15) is 0 Å².